The van der Waals surface area contributed by atoms with Gasteiger partial charge in [0.25, 0.3) is 0 Å². The molecule has 5 heteroatoms. The highest BCUT2D eigenvalue weighted by Gasteiger charge is 2.20. The van der Waals surface area contributed by atoms with E-state index in [1.54, 1.807) is 11.9 Å². The first-order valence-corrected chi connectivity index (χ1v) is 8.11. The van der Waals surface area contributed by atoms with Crippen LogP contribution in [0.15, 0.2) is 29.3 Å². The van der Waals surface area contributed by atoms with E-state index in [0.29, 0.717) is 6.04 Å². The minimum Gasteiger partial charge on any atom is -0.349 e. The number of carbonyl (C=O) groups is 1. The third-order valence-electron chi connectivity index (χ3n) is 3.99. The van der Waals surface area contributed by atoms with E-state index in [0.717, 1.165) is 31.6 Å². The fourth-order valence-electron chi connectivity index (χ4n) is 3.00. The number of nitrogens with zero attached hydrogens (tertiary/aromatic N) is 3. The molecule has 0 fully saturated rings. The van der Waals surface area contributed by atoms with Crippen molar-refractivity contribution in [2.24, 2.45) is 0 Å². The Bertz CT molecular complexity index is 657. The van der Waals surface area contributed by atoms with Crippen LogP contribution in [0.4, 0.5) is 0 Å². The fourth-order valence-corrected chi connectivity index (χ4v) is 4.05. The number of hydrogen-bond acceptors (Lipinski definition) is 3. The Labute approximate surface area is 129 Å². The molecule has 0 spiro atoms. The largest absolute Gasteiger partial charge is 0.349 e. The van der Waals surface area contributed by atoms with E-state index in [4.69, 9.17) is 0 Å². The van der Waals surface area contributed by atoms with E-state index in [1.165, 1.54) is 16.3 Å². The average molecular weight is 303 g/mol. The molecule has 0 saturated heterocycles. The van der Waals surface area contributed by atoms with Crippen molar-refractivity contribution in [3.63, 3.8) is 0 Å². The van der Waals surface area contributed by atoms with Crippen LogP contribution in [0.1, 0.15) is 41.8 Å². The Morgan fingerprint density at radius 1 is 1.33 bits per heavy atom. The second-order valence-electron chi connectivity index (χ2n) is 5.75. The summed E-state index contributed by atoms with van der Waals surface area (Å²) < 4.78 is 6.79. The highest BCUT2D eigenvalue weighted by Crippen LogP contribution is 2.32. The number of hydrogen-bond donors (Lipinski definition) is 0. The van der Waals surface area contributed by atoms with E-state index in [-0.39, 0.29) is 0 Å². The highest BCUT2D eigenvalue weighted by atomic mass is 32.2. The van der Waals surface area contributed by atoms with Gasteiger partial charge in [0.2, 0.25) is 0 Å². The molecule has 3 rings (SSSR count). The molecule has 0 N–H and O–H groups in total. The second-order valence-corrected chi connectivity index (χ2v) is 6.89. The summed E-state index contributed by atoms with van der Waals surface area (Å²) in [6.45, 7) is 9.32. The smallest absolute Gasteiger partial charge is 0.166 e. The van der Waals surface area contributed by atoms with Gasteiger partial charge in [-0.05, 0) is 50.9 Å². The van der Waals surface area contributed by atoms with Crippen LogP contribution in [0.3, 0.4) is 0 Å². The maximum Gasteiger partial charge on any atom is 0.166 e. The molecule has 2 aromatic heterocycles. The zero-order valence-electron chi connectivity index (χ0n) is 12.7. The summed E-state index contributed by atoms with van der Waals surface area (Å²) in [6, 6.07) is 6.60. The normalized spacial score (nSPS) is 15.4. The molecular formula is C16H21N3OS. The van der Waals surface area contributed by atoms with Crippen LogP contribution in [0.25, 0.3) is 0 Å². The molecule has 1 aliphatic heterocycles. The molecule has 1 aliphatic rings. The molecule has 3 heterocycles. The molecule has 0 saturated carbocycles. The van der Waals surface area contributed by atoms with Crippen LogP contribution < -0.4 is 0 Å². The predicted molar refractivity (Wildman–Crippen MR) is 85.6 cm³/mol. The molecule has 0 aromatic carbocycles. The van der Waals surface area contributed by atoms with Gasteiger partial charge in [-0.25, -0.2) is 4.31 Å². The predicted octanol–water partition coefficient (Wildman–Crippen LogP) is 3.51. The highest BCUT2D eigenvalue weighted by molar-refractivity contribution is 7.97. The Hall–Kier alpha value is -1.46. The molecule has 112 valence electrons. The van der Waals surface area contributed by atoms with Gasteiger partial charge in [0.05, 0.1) is 5.69 Å². The van der Waals surface area contributed by atoms with Crippen molar-refractivity contribution < 1.29 is 4.79 Å². The molecular weight excluding hydrogens is 282 g/mol. The molecule has 0 amide bonds. The van der Waals surface area contributed by atoms with Crippen LogP contribution in [0.5, 0.6) is 0 Å². The first-order chi connectivity index (χ1) is 10.1. The maximum absolute atomic E-state index is 11.3. The van der Waals surface area contributed by atoms with Crippen LogP contribution in [0, 0.1) is 6.92 Å². The van der Waals surface area contributed by atoms with Gasteiger partial charge in [-0.15, -0.1) is 0 Å². The first kappa shape index (κ1) is 14.5. The summed E-state index contributed by atoms with van der Waals surface area (Å²) in [5.41, 5.74) is 3.30. The van der Waals surface area contributed by atoms with Crippen molar-refractivity contribution in [3.05, 3.63) is 41.5 Å². The van der Waals surface area contributed by atoms with Crippen molar-refractivity contribution in [1.82, 2.24) is 13.4 Å². The van der Waals surface area contributed by atoms with E-state index in [9.17, 15) is 4.79 Å². The summed E-state index contributed by atoms with van der Waals surface area (Å²) in [5, 5.41) is 0. The van der Waals surface area contributed by atoms with Crippen molar-refractivity contribution in [2.75, 3.05) is 6.54 Å². The maximum atomic E-state index is 11.3. The first-order valence-electron chi connectivity index (χ1n) is 7.34. The number of rotatable bonds is 4. The summed E-state index contributed by atoms with van der Waals surface area (Å²) >= 11 is 1.77. The Balaban J connectivity index is 1.81. The van der Waals surface area contributed by atoms with Crippen molar-refractivity contribution in [2.45, 2.75) is 44.8 Å². The van der Waals surface area contributed by atoms with Gasteiger partial charge in [0.15, 0.2) is 6.29 Å². The van der Waals surface area contributed by atoms with Crippen LogP contribution >= 0.6 is 11.9 Å². The van der Waals surface area contributed by atoms with E-state index < -0.39 is 0 Å². The molecule has 21 heavy (non-hydrogen) atoms. The molecule has 2 aromatic rings. The van der Waals surface area contributed by atoms with Gasteiger partial charge in [-0.3, -0.25) is 4.79 Å². The summed E-state index contributed by atoms with van der Waals surface area (Å²) in [7, 11) is 0. The summed E-state index contributed by atoms with van der Waals surface area (Å²) in [6.07, 6.45) is 3.10. The van der Waals surface area contributed by atoms with Crippen molar-refractivity contribution in [1.29, 1.82) is 0 Å². The van der Waals surface area contributed by atoms with Crippen LogP contribution in [-0.4, -0.2) is 26.3 Å². The van der Waals surface area contributed by atoms with Gasteiger partial charge >= 0.3 is 0 Å². The van der Waals surface area contributed by atoms with Crippen molar-refractivity contribution in [3.8, 4) is 0 Å². The number of carbonyl (C=O) groups excluding carboxylic acids is 1. The van der Waals surface area contributed by atoms with Crippen LogP contribution in [0.2, 0.25) is 0 Å². The third kappa shape index (κ3) is 2.68. The zero-order valence-corrected chi connectivity index (χ0v) is 13.6. The quantitative estimate of drug-likeness (QED) is 0.639. The van der Waals surface area contributed by atoms with E-state index >= 15 is 0 Å². The third-order valence-corrected chi connectivity index (χ3v) is 5.17. The van der Waals surface area contributed by atoms with Crippen molar-refractivity contribution >= 4 is 18.2 Å². The number of aromatic nitrogens is 2. The topological polar surface area (TPSA) is 30.2 Å². The van der Waals surface area contributed by atoms with Gasteiger partial charge in [0.1, 0.15) is 0 Å². The second kappa shape index (κ2) is 5.73. The van der Waals surface area contributed by atoms with Crippen LogP contribution in [-0.2, 0) is 13.1 Å². The lowest BCUT2D eigenvalue weighted by Gasteiger charge is -2.27. The van der Waals surface area contributed by atoms with Gasteiger partial charge in [-0.2, -0.15) is 0 Å². The Morgan fingerprint density at radius 3 is 2.81 bits per heavy atom. The van der Waals surface area contributed by atoms with E-state index in [2.05, 4.69) is 52.5 Å². The standard InChI is InChI=1S/C16H21N3OS/c1-12(2)19-13(3)16(9-15(19)11-20)21-18-8-7-17-6-4-5-14(17)10-18/h4-6,9,11-12H,7-8,10H2,1-3H3. The SMILES string of the molecule is Cc1c(SN2CCn3cccc3C2)cc(C=O)n1C(C)C. The average Bonchev–Trinajstić information content (AvgIpc) is 3.03. The molecule has 0 unspecified atom stereocenters. The molecule has 4 nitrogen and oxygen atoms in total. The fraction of sp³-hybridized carbons (Fsp3) is 0.438. The molecule has 0 aliphatic carbocycles. The lowest BCUT2D eigenvalue weighted by molar-refractivity contribution is 0.111. The molecule has 0 bridgehead atoms. The zero-order chi connectivity index (χ0) is 15.0. The Morgan fingerprint density at radius 2 is 2.14 bits per heavy atom. The monoisotopic (exact) mass is 303 g/mol. The minimum atomic E-state index is 0.304. The lowest BCUT2D eigenvalue weighted by atomic mass is 10.3. The summed E-state index contributed by atoms with van der Waals surface area (Å²) in [4.78, 5) is 12.5. The van der Waals surface area contributed by atoms with Gasteiger partial charge in [0, 0.05) is 48.2 Å². The lowest BCUT2D eigenvalue weighted by Crippen LogP contribution is -2.27. The number of aldehydes is 1. The summed E-state index contributed by atoms with van der Waals surface area (Å²) in [5.74, 6) is 0. The van der Waals surface area contributed by atoms with Gasteiger partial charge < -0.3 is 9.13 Å². The van der Waals surface area contributed by atoms with E-state index in [1.807, 2.05) is 6.07 Å². The molecule has 0 radical (unpaired) electrons. The Kier molecular flexibility index (Phi) is 3.95. The minimum absolute atomic E-state index is 0.304. The van der Waals surface area contributed by atoms with Gasteiger partial charge in [-0.1, -0.05) is 0 Å². The number of fused-ring (bicyclic) bond motifs is 1. The molecule has 0 atom stereocenters.